The van der Waals surface area contributed by atoms with Crippen LogP contribution in [0.25, 0.3) is 0 Å². The molecular weight excluding hydrogens is 287 g/mol. The van der Waals surface area contributed by atoms with Gasteiger partial charge in [0.2, 0.25) is 0 Å². The van der Waals surface area contributed by atoms with E-state index in [-0.39, 0.29) is 0 Å². The molecule has 0 aromatic heterocycles. The SMILES string of the molecule is CCP(CC)(CC)(Cc1ccccc1)O[Cl+3]([O-])([O-])[O-]. The normalized spacial score (nSPS) is 14.9. The van der Waals surface area contributed by atoms with Crippen LogP contribution in [-0.2, 0) is 10.2 Å². The van der Waals surface area contributed by atoms with Crippen LogP contribution in [-0.4, -0.2) is 18.5 Å². The summed E-state index contributed by atoms with van der Waals surface area (Å²) in [5, 5.41) is 0. The minimum atomic E-state index is -4.40. The fourth-order valence-electron chi connectivity index (χ4n) is 2.46. The predicted octanol–water partition coefficient (Wildman–Crippen LogP) is 0.628. The van der Waals surface area contributed by atoms with Crippen molar-refractivity contribution >= 4 is 6.83 Å². The summed E-state index contributed by atoms with van der Waals surface area (Å²) in [6.45, 7) is 2.69. The predicted molar refractivity (Wildman–Crippen MR) is 69.8 cm³/mol. The van der Waals surface area contributed by atoms with Gasteiger partial charge in [-0.25, -0.2) is 0 Å². The first-order valence-electron chi connectivity index (χ1n) is 6.45. The zero-order valence-corrected chi connectivity index (χ0v) is 13.3. The summed E-state index contributed by atoms with van der Waals surface area (Å²) in [7, 11) is -4.40. The number of hydrogen-bond donors (Lipinski definition) is 0. The summed E-state index contributed by atoms with van der Waals surface area (Å²) >= 11 is 0. The second-order valence-corrected chi connectivity index (χ2v) is 12.1. The van der Waals surface area contributed by atoms with Gasteiger partial charge in [-0.15, -0.1) is 0 Å². The molecule has 0 spiro atoms. The number of rotatable bonds is 7. The summed E-state index contributed by atoms with van der Waals surface area (Å²) in [5.74, 6) is 0. The second kappa shape index (κ2) is 6.04. The molecule has 0 radical (unpaired) electrons. The Balaban J connectivity index is 3.18. The van der Waals surface area contributed by atoms with E-state index in [9.17, 15) is 14.0 Å². The molecule has 6 heteroatoms. The van der Waals surface area contributed by atoms with Crippen LogP contribution < -0.4 is 14.0 Å². The molecule has 0 fully saturated rings. The molecule has 0 amide bonds. The summed E-state index contributed by atoms with van der Waals surface area (Å²) < 4.78 is 38.6. The summed E-state index contributed by atoms with van der Waals surface area (Å²) in [6.07, 6.45) is 2.29. The molecule has 1 aromatic carbocycles. The first-order chi connectivity index (χ1) is 8.78. The quantitative estimate of drug-likeness (QED) is 0.692. The van der Waals surface area contributed by atoms with Crippen LogP contribution in [0.4, 0.5) is 0 Å². The Hall–Kier alpha value is -0.220. The number of halogens is 1. The first kappa shape index (κ1) is 16.8. The fraction of sp³-hybridized carbons (Fsp3) is 0.538. The standard InChI is InChI=1S/C13H22ClO4P/c1-4-19(5-2,6-3,18-14(15,16)17)12-13-10-8-7-9-11-13/h7-11H,4-6,12H2,1-3H3. The van der Waals surface area contributed by atoms with Gasteiger partial charge in [0, 0.05) is 0 Å². The molecule has 4 nitrogen and oxygen atoms in total. The van der Waals surface area contributed by atoms with Gasteiger partial charge in [-0.1, -0.05) is 0 Å². The van der Waals surface area contributed by atoms with Crippen LogP contribution in [0.3, 0.4) is 0 Å². The van der Waals surface area contributed by atoms with Gasteiger partial charge in [-0.3, -0.25) is 0 Å². The molecule has 19 heavy (non-hydrogen) atoms. The van der Waals surface area contributed by atoms with Crippen LogP contribution in [0.5, 0.6) is 0 Å². The van der Waals surface area contributed by atoms with Gasteiger partial charge in [-0.05, 0) is 0 Å². The van der Waals surface area contributed by atoms with Crippen LogP contribution in [0.1, 0.15) is 26.3 Å². The Morgan fingerprint density at radius 1 is 0.947 bits per heavy atom. The summed E-state index contributed by atoms with van der Waals surface area (Å²) in [4.78, 5) is 0. The van der Waals surface area contributed by atoms with E-state index in [0.29, 0.717) is 24.6 Å². The third-order valence-electron chi connectivity index (χ3n) is 4.10. The fourth-order valence-corrected chi connectivity index (χ4v) is 8.89. The maximum absolute atomic E-state index is 11.1. The minimum absolute atomic E-state index is 0.532. The molecule has 0 aliphatic carbocycles. The average Bonchev–Trinajstić information content (AvgIpc) is 2.38. The van der Waals surface area contributed by atoms with Crippen molar-refractivity contribution in [2.75, 3.05) is 18.5 Å². The van der Waals surface area contributed by atoms with Crippen molar-refractivity contribution < 1.29 is 28.3 Å². The van der Waals surface area contributed by atoms with Crippen LogP contribution >= 0.6 is 6.83 Å². The molecule has 0 bridgehead atoms. The second-order valence-electron chi connectivity index (χ2n) is 4.90. The van der Waals surface area contributed by atoms with E-state index >= 15 is 0 Å². The number of benzene rings is 1. The summed E-state index contributed by atoms with van der Waals surface area (Å²) in [5.41, 5.74) is 1.02. The van der Waals surface area contributed by atoms with Crippen molar-refractivity contribution in [3.63, 3.8) is 0 Å². The van der Waals surface area contributed by atoms with Crippen molar-refractivity contribution in [1.82, 2.24) is 0 Å². The molecule has 0 unspecified atom stereocenters. The molecule has 0 aliphatic rings. The van der Waals surface area contributed by atoms with Gasteiger partial charge < -0.3 is 0 Å². The zero-order valence-electron chi connectivity index (χ0n) is 11.7. The van der Waals surface area contributed by atoms with Crippen LogP contribution in [0.15, 0.2) is 30.3 Å². The molecule has 0 saturated heterocycles. The molecule has 0 saturated carbocycles. The summed E-state index contributed by atoms with van der Waals surface area (Å²) in [6, 6.07) is 9.61. The van der Waals surface area contributed by atoms with Gasteiger partial charge in [0.05, 0.1) is 0 Å². The van der Waals surface area contributed by atoms with Crippen molar-refractivity contribution in [2.24, 2.45) is 0 Å². The van der Waals surface area contributed by atoms with Crippen molar-refractivity contribution in [1.29, 1.82) is 0 Å². The van der Waals surface area contributed by atoms with Crippen molar-refractivity contribution in [2.45, 2.75) is 26.9 Å². The van der Waals surface area contributed by atoms with E-state index in [1.807, 2.05) is 51.1 Å². The van der Waals surface area contributed by atoms with Crippen LogP contribution in [0.2, 0.25) is 0 Å². The molecule has 0 N–H and O–H groups in total. The van der Waals surface area contributed by atoms with Gasteiger partial charge in [0.1, 0.15) is 0 Å². The van der Waals surface area contributed by atoms with E-state index in [4.69, 9.17) is 4.08 Å². The average molecular weight is 309 g/mol. The third-order valence-corrected chi connectivity index (χ3v) is 12.3. The Bertz CT molecular complexity index is 390. The van der Waals surface area contributed by atoms with E-state index in [1.54, 1.807) is 0 Å². The Labute approximate surface area is 117 Å². The molecule has 0 atom stereocenters. The van der Waals surface area contributed by atoms with Crippen molar-refractivity contribution in [3.8, 4) is 0 Å². The van der Waals surface area contributed by atoms with Gasteiger partial charge in [0.25, 0.3) is 0 Å². The Kier molecular flexibility index (Phi) is 5.35. The molecule has 0 aliphatic heterocycles. The first-order valence-corrected chi connectivity index (χ1v) is 10.6. The van der Waals surface area contributed by atoms with Gasteiger partial charge in [0.15, 0.2) is 0 Å². The molecule has 110 valence electrons. The van der Waals surface area contributed by atoms with E-state index in [0.717, 1.165) is 5.56 Å². The monoisotopic (exact) mass is 308 g/mol. The zero-order chi connectivity index (χ0) is 14.6. The van der Waals surface area contributed by atoms with E-state index < -0.39 is 17.1 Å². The Morgan fingerprint density at radius 2 is 1.42 bits per heavy atom. The topological polar surface area (TPSA) is 78.4 Å². The van der Waals surface area contributed by atoms with E-state index in [2.05, 4.69) is 0 Å². The third kappa shape index (κ3) is 4.12. The van der Waals surface area contributed by atoms with E-state index in [1.165, 1.54) is 0 Å². The van der Waals surface area contributed by atoms with Gasteiger partial charge >= 0.3 is 116 Å². The maximum atomic E-state index is 11.1. The van der Waals surface area contributed by atoms with Crippen molar-refractivity contribution in [3.05, 3.63) is 35.9 Å². The number of hydrogen-bond acceptors (Lipinski definition) is 4. The Morgan fingerprint density at radius 3 is 1.79 bits per heavy atom. The molecule has 0 heterocycles. The molecule has 1 aromatic rings. The molecular formula is C13H22ClO4P. The van der Waals surface area contributed by atoms with Crippen LogP contribution in [0, 0.1) is 10.2 Å². The molecule has 1 rings (SSSR count). The van der Waals surface area contributed by atoms with Gasteiger partial charge in [-0.2, -0.15) is 0 Å².